The zero-order valence-electron chi connectivity index (χ0n) is 23.3. The van der Waals surface area contributed by atoms with Crippen molar-refractivity contribution >= 4 is 21.7 Å². The lowest BCUT2D eigenvalue weighted by atomic mass is 9.99. The third kappa shape index (κ3) is 12.2. The van der Waals surface area contributed by atoms with Gasteiger partial charge in [-0.1, -0.05) is 56.3 Å². The number of esters is 1. The maximum absolute atomic E-state index is 13.4. The molecular formula is C29H42N2O7S. The van der Waals surface area contributed by atoms with Crippen molar-refractivity contribution in [3.63, 3.8) is 0 Å². The summed E-state index contributed by atoms with van der Waals surface area (Å²) in [6.45, 7) is 4.49. The van der Waals surface area contributed by atoms with E-state index in [4.69, 9.17) is 9.47 Å². The van der Waals surface area contributed by atoms with Crippen LogP contribution in [0.15, 0.2) is 54.6 Å². The number of aliphatic hydroxyl groups excluding tert-OH is 1. The minimum absolute atomic E-state index is 0.0696. The molecule has 0 aliphatic carbocycles. The van der Waals surface area contributed by atoms with Gasteiger partial charge in [0.1, 0.15) is 5.75 Å². The highest BCUT2D eigenvalue weighted by atomic mass is 32.2. The summed E-state index contributed by atoms with van der Waals surface area (Å²) in [5.74, 6) is -2.05. The van der Waals surface area contributed by atoms with Crippen molar-refractivity contribution in [2.45, 2.75) is 51.8 Å². The zero-order chi connectivity index (χ0) is 28.8. The van der Waals surface area contributed by atoms with Crippen LogP contribution in [-0.4, -0.2) is 69.8 Å². The summed E-state index contributed by atoms with van der Waals surface area (Å²) in [7, 11) is -0.806. The second kappa shape index (κ2) is 16.2. The van der Waals surface area contributed by atoms with Crippen LogP contribution in [-0.2, 0) is 37.1 Å². The molecule has 0 saturated heterocycles. The molecule has 216 valence electrons. The molecule has 0 bridgehead atoms. The average molecular weight is 563 g/mol. The molecule has 1 amide bonds. The van der Waals surface area contributed by atoms with Gasteiger partial charge in [-0.15, -0.1) is 0 Å². The number of hydrogen-bond donors (Lipinski definition) is 3. The Bertz CT molecular complexity index is 1140. The maximum atomic E-state index is 13.4. The van der Waals surface area contributed by atoms with Crippen LogP contribution in [0.2, 0.25) is 0 Å². The predicted molar refractivity (Wildman–Crippen MR) is 151 cm³/mol. The molecule has 0 aromatic heterocycles. The van der Waals surface area contributed by atoms with E-state index in [1.165, 1.54) is 7.11 Å². The van der Waals surface area contributed by atoms with Gasteiger partial charge in [0.25, 0.3) is 0 Å². The zero-order valence-corrected chi connectivity index (χ0v) is 24.1. The lowest BCUT2D eigenvalue weighted by Crippen LogP contribution is -2.51. The van der Waals surface area contributed by atoms with Gasteiger partial charge in [-0.3, -0.25) is 9.59 Å². The van der Waals surface area contributed by atoms with Crippen LogP contribution in [0.4, 0.5) is 0 Å². The van der Waals surface area contributed by atoms with E-state index in [-0.39, 0.29) is 24.6 Å². The number of ether oxygens (including phenoxy) is 2. The van der Waals surface area contributed by atoms with E-state index in [1.807, 2.05) is 68.4 Å². The van der Waals surface area contributed by atoms with Gasteiger partial charge in [-0.2, -0.15) is 0 Å². The summed E-state index contributed by atoms with van der Waals surface area (Å²) < 4.78 is 35.5. The van der Waals surface area contributed by atoms with E-state index in [0.29, 0.717) is 19.4 Å². The molecule has 3 atom stereocenters. The fraction of sp³-hybridized carbons (Fsp3) is 0.517. The van der Waals surface area contributed by atoms with Gasteiger partial charge in [0.05, 0.1) is 50.2 Å². The van der Waals surface area contributed by atoms with E-state index in [2.05, 4.69) is 10.6 Å². The van der Waals surface area contributed by atoms with Gasteiger partial charge in [-0.05, 0) is 42.0 Å². The molecule has 2 aromatic carbocycles. The molecule has 0 fully saturated rings. The largest absolute Gasteiger partial charge is 0.497 e. The molecule has 1 unspecified atom stereocenters. The Kier molecular flexibility index (Phi) is 13.4. The van der Waals surface area contributed by atoms with Gasteiger partial charge in [-0.25, -0.2) is 8.42 Å². The number of aliphatic hydroxyl groups is 1. The van der Waals surface area contributed by atoms with E-state index in [1.54, 1.807) is 7.11 Å². The van der Waals surface area contributed by atoms with Gasteiger partial charge < -0.3 is 25.2 Å². The molecule has 0 saturated carbocycles. The second-order valence-electron chi connectivity index (χ2n) is 10.1. The Morgan fingerprint density at radius 2 is 1.69 bits per heavy atom. The highest BCUT2D eigenvalue weighted by molar-refractivity contribution is 7.91. The van der Waals surface area contributed by atoms with Crippen molar-refractivity contribution in [2.24, 2.45) is 11.8 Å². The molecule has 2 rings (SSSR count). The van der Waals surface area contributed by atoms with E-state index in [9.17, 15) is 23.1 Å². The molecule has 0 spiro atoms. The molecule has 0 radical (unpaired) electrons. The van der Waals surface area contributed by atoms with Crippen LogP contribution in [0.25, 0.3) is 0 Å². The average Bonchev–Trinajstić information content (AvgIpc) is 2.91. The maximum Gasteiger partial charge on any atom is 0.306 e. The number of methoxy groups -OCH3 is 2. The van der Waals surface area contributed by atoms with Crippen molar-refractivity contribution < 1.29 is 32.6 Å². The van der Waals surface area contributed by atoms with Crippen molar-refractivity contribution in [3.8, 4) is 5.75 Å². The first-order valence-electron chi connectivity index (χ1n) is 13.2. The topological polar surface area (TPSA) is 131 Å². The van der Waals surface area contributed by atoms with E-state index in [0.717, 1.165) is 16.9 Å². The highest BCUT2D eigenvalue weighted by Crippen LogP contribution is 2.15. The first-order chi connectivity index (χ1) is 18.5. The molecule has 0 heterocycles. The van der Waals surface area contributed by atoms with Crippen LogP contribution in [0.5, 0.6) is 5.75 Å². The van der Waals surface area contributed by atoms with E-state index >= 15 is 0 Å². The first-order valence-corrected chi connectivity index (χ1v) is 15.0. The number of nitrogens with one attached hydrogen (secondary N) is 2. The summed E-state index contributed by atoms with van der Waals surface area (Å²) in [5.41, 5.74) is 1.86. The van der Waals surface area contributed by atoms with Crippen molar-refractivity contribution in [3.05, 3.63) is 65.7 Å². The van der Waals surface area contributed by atoms with Crippen molar-refractivity contribution in [1.82, 2.24) is 10.6 Å². The molecular weight excluding hydrogens is 520 g/mol. The SMILES string of the molecule is COC(=O)CC(CS(=O)(=O)CCC(C)C)C(=O)N[C@@H](Cc1ccccc1)[C@H](O)CNCc1cccc(OC)c1. The first kappa shape index (κ1) is 32.3. The Balaban J connectivity index is 2.15. The van der Waals surface area contributed by atoms with Crippen LogP contribution < -0.4 is 15.4 Å². The Hall–Kier alpha value is -2.95. The summed E-state index contributed by atoms with van der Waals surface area (Å²) in [6.07, 6.45) is -0.579. The number of rotatable bonds is 17. The molecule has 9 nitrogen and oxygen atoms in total. The lowest BCUT2D eigenvalue weighted by Gasteiger charge is -2.27. The van der Waals surface area contributed by atoms with Crippen LogP contribution in [0.3, 0.4) is 0 Å². The predicted octanol–water partition coefficient (Wildman–Crippen LogP) is 2.51. The second-order valence-corrected chi connectivity index (χ2v) is 12.4. The molecule has 0 aliphatic rings. The molecule has 39 heavy (non-hydrogen) atoms. The Morgan fingerprint density at radius 1 is 1.00 bits per heavy atom. The summed E-state index contributed by atoms with van der Waals surface area (Å²) in [4.78, 5) is 25.4. The van der Waals surface area contributed by atoms with E-state index < -0.39 is 45.5 Å². The standard InChI is InChI=1S/C29H42N2O7S/c1-21(2)13-14-39(35,36)20-24(17-28(33)38-4)29(34)31-26(16-22-9-6-5-7-10-22)27(32)19-30-18-23-11-8-12-25(15-23)37-3/h5-12,15,21,24,26-27,30,32H,13-14,16-20H2,1-4H3,(H,31,34)/t24?,26-,27+/m0/s1. The molecule has 2 aromatic rings. The third-order valence-electron chi connectivity index (χ3n) is 6.38. The lowest BCUT2D eigenvalue weighted by molar-refractivity contribution is -0.144. The number of carbonyl (C=O) groups is 2. The number of amides is 1. The normalized spacial score (nSPS) is 13.9. The van der Waals surface area contributed by atoms with Crippen molar-refractivity contribution in [2.75, 3.05) is 32.3 Å². The monoisotopic (exact) mass is 562 g/mol. The number of benzene rings is 2. The quantitative estimate of drug-likeness (QED) is 0.251. The van der Waals surface area contributed by atoms with Gasteiger partial charge >= 0.3 is 5.97 Å². The highest BCUT2D eigenvalue weighted by Gasteiger charge is 2.31. The van der Waals surface area contributed by atoms with Crippen molar-refractivity contribution in [1.29, 1.82) is 0 Å². The van der Waals surface area contributed by atoms with Crippen LogP contribution >= 0.6 is 0 Å². The van der Waals surface area contributed by atoms with Crippen LogP contribution in [0, 0.1) is 11.8 Å². The van der Waals surface area contributed by atoms with Crippen LogP contribution in [0.1, 0.15) is 37.8 Å². The fourth-order valence-electron chi connectivity index (χ4n) is 4.06. The van der Waals surface area contributed by atoms with Gasteiger partial charge in [0.2, 0.25) is 5.91 Å². The number of carbonyl (C=O) groups excluding carboxylic acids is 2. The molecule has 3 N–H and O–H groups in total. The molecule has 10 heteroatoms. The number of hydrogen-bond acceptors (Lipinski definition) is 8. The minimum atomic E-state index is -3.59. The smallest absolute Gasteiger partial charge is 0.306 e. The Labute approximate surface area is 232 Å². The summed E-state index contributed by atoms with van der Waals surface area (Å²) >= 11 is 0. The Morgan fingerprint density at radius 3 is 2.33 bits per heavy atom. The summed E-state index contributed by atoms with van der Waals surface area (Å²) in [6, 6.07) is 16.2. The molecule has 0 aliphatic heterocycles. The summed E-state index contributed by atoms with van der Waals surface area (Å²) in [5, 5.41) is 17.1. The van der Waals surface area contributed by atoms with Gasteiger partial charge in [0, 0.05) is 13.1 Å². The minimum Gasteiger partial charge on any atom is -0.497 e. The fourth-order valence-corrected chi connectivity index (χ4v) is 5.94. The number of sulfone groups is 1. The van der Waals surface area contributed by atoms with Gasteiger partial charge in [0.15, 0.2) is 9.84 Å². The third-order valence-corrected chi connectivity index (χ3v) is 8.15.